The second-order valence-electron chi connectivity index (χ2n) is 4.89. The summed E-state index contributed by atoms with van der Waals surface area (Å²) in [5.41, 5.74) is 8.07. The fourth-order valence-electron chi connectivity index (χ4n) is 2.05. The van der Waals surface area contributed by atoms with Crippen LogP contribution in [-0.4, -0.2) is 6.61 Å². The van der Waals surface area contributed by atoms with Crippen LogP contribution in [0.3, 0.4) is 0 Å². The molecule has 0 radical (unpaired) electrons. The Morgan fingerprint density at radius 1 is 1.10 bits per heavy atom. The van der Waals surface area contributed by atoms with Crippen LogP contribution in [0.2, 0.25) is 10.0 Å². The van der Waals surface area contributed by atoms with Crippen molar-refractivity contribution in [1.82, 2.24) is 0 Å². The lowest BCUT2D eigenvalue weighted by Crippen LogP contribution is -2.12. The molecule has 21 heavy (non-hydrogen) atoms. The van der Waals surface area contributed by atoms with Gasteiger partial charge in [0.2, 0.25) is 0 Å². The lowest BCUT2D eigenvalue weighted by Gasteiger charge is -2.15. The summed E-state index contributed by atoms with van der Waals surface area (Å²) in [4.78, 5) is 0. The van der Waals surface area contributed by atoms with E-state index in [1.807, 2.05) is 36.4 Å². The normalized spacial score (nSPS) is 12.2. The Morgan fingerprint density at radius 3 is 2.48 bits per heavy atom. The van der Waals surface area contributed by atoms with Crippen molar-refractivity contribution in [1.29, 1.82) is 0 Å². The van der Waals surface area contributed by atoms with Crippen molar-refractivity contribution in [2.45, 2.75) is 25.8 Å². The zero-order valence-corrected chi connectivity index (χ0v) is 13.5. The van der Waals surface area contributed by atoms with Crippen molar-refractivity contribution in [3.05, 3.63) is 63.6 Å². The first-order chi connectivity index (χ1) is 10.1. The van der Waals surface area contributed by atoms with Gasteiger partial charge in [-0.3, -0.25) is 0 Å². The number of unbranched alkanes of at least 4 members (excludes halogenated alkanes) is 1. The van der Waals surface area contributed by atoms with E-state index in [0.717, 1.165) is 36.3 Å². The number of nitrogens with two attached hydrogens (primary N) is 1. The summed E-state index contributed by atoms with van der Waals surface area (Å²) in [7, 11) is 0. The zero-order valence-electron chi connectivity index (χ0n) is 12.0. The van der Waals surface area contributed by atoms with Crippen molar-refractivity contribution in [2.75, 3.05) is 6.61 Å². The fourth-order valence-corrected chi connectivity index (χ4v) is 2.47. The third-order valence-electron chi connectivity index (χ3n) is 3.32. The van der Waals surface area contributed by atoms with Gasteiger partial charge in [-0.15, -0.1) is 0 Å². The van der Waals surface area contributed by atoms with Crippen LogP contribution in [0.15, 0.2) is 42.5 Å². The van der Waals surface area contributed by atoms with Crippen molar-refractivity contribution >= 4 is 23.2 Å². The number of halogens is 2. The van der Waals surface area contributed by atoms with Gasteiger partial charge in [-0.2, -0.15) is 0 Å². The second kappa shape index (κ2) is 7.69. The molecular weight excluding hydrogens is 305 g/mol. The van der Waals surface area contributed by atoms with E-state index >= 15 is 0 Å². The van der Waals surface area contributed by atoms with Crippen molar-refractivity contribution in [3.8, 4) is 5.75 Å². The molecule has 0 aliphatic rings. The monoisotopic (exact) mass is 323 g/mol. The molecule has 0 saturated carbocycles. The van der Waals surface area contributed by atoms with Gasteiger partial charge in [-0.1, -0.05) is 60.8 Å². The Bertz CT molecular complexity index is 584. The minimum Gasteiger partial charge on any atom is -0.494 e. The standard InChI is InChI=1S/C17H19Cl2NO/c1-2-3-11-21-13-9-7-12(8-10-13)17(20)14-5-4-6-15(18)16(14)19/h4-10,17H,2-3,11,20H2,1H3. The van der Waals surface area contributed by atoms with E-state index in [1.165, 1.54) is 0 Å². The summed E-state index contributed by atoms with van der Waals surface area (Å²) in [6, 6.07) is 13.0. The average molecular weight is 324 g/mol. The number of rotatable bonds is 6. The largest absolute Gasteiger partial charge is 0.494 e. The van der Waals surface area contributed by atoms with Crippen LogP contribution in [0, 0.1) is 0 Å². The van der Waals surface area contributed by atoms with Crippen molar-refractivity contribution in [2.24, 2.45) is 5.73 Å². The SMILES string of the molecule is CCCCOc1ccc(C(N)c2cccc(Cl)c2Cl)cc1. The van der Waals surface area contributed by atoms with Gasteiger partial charge in [0.05, 0.1) is 22.7 Å². The molecule has 2 rings (SSSR count). The van der Waals surface area contributed by atoms with E-state index in [-0.39, 0.29) is 6.04 Å². The van der Waals surface area contributed by atoms with Gasteiger partial charge < -0.3 is 10.5 Å². The van der Waals surface area contributed by atoms with E-state index in [9.17, 15) is 0 Å². The highest BCUT2D eigenvalue weighted by atomic mass is 35.5. The third-order valence-corrected chi connectivity index (χ3v) is 4.16. The van der Waals surface area contributed by atoms with Gasteiger partial charge in [-0.05, 0) is 35.7 Å². The minimum atomic E-state index is -0.305. The van der Waals surface area contributed by atoms with Crippen LogP contribution in [0.25, 0.3) is 0 Å². The Balaban J connectivity index is 2.12. The molecule has 0 heterocycles. The Kier molecular flexibility index (Phi) is 5.92. The molecule has 0 amide bonds. The highest BCUT2D eigenvalue weighted by Crippen LogP contribution is 2.32. The lowest BCUT2D eigenvalue weighted by molar-refractivity contribution is 0.309. The molecule has 0 bridgehead atoms. The Morgan fingerprint density at radius 2 is 1.81 bits per heavy atom. The maximum absolute atomic E-state index is 6.27. The minimum absolute atomic E-state index is 0.305. The van der Waals surface area contributed by atoms with E-state index in [4.69, 9.17) is 33.7 Å². The number of benzene rings is 2. The summed E-state index contributed by atoms with van der Waals surface area (Å²) in [6.07, 6.45) is 2.18. The maximum Gasteiger partial charge on any atom is 0.119 e. The van der Waals surface area contributed by atoms with Gasteiger partial charge in [0.1, 0.15) is 5.75 Å². The first-order valence-corrected chi connectivity index (χ1v) is 7.81. The molecular formula is C17H19Cl2NO. The average Bonchev–Trinajstić information content (AvgIpc) is 2.50. The summed E-state index contributed by atoms with van der Waals surface area (Å²) in [5.74, 6) is 0.858. The summed E-state index contributed by atoms with van der Waals surface area (Å²) < 4.78 is 5.64. The first kappa shape index (κ1) is 16.2. The molecule has 2 aromatic carbocycles. The van der Waals surface area contributed by atoms with Crippen LogP contribution in [0.5, 0.6) is 5.75 Å². The molecule has 0 aromatic heterocycles. The molecule has 0 spiro atoms. The van der Waals surface area contributed by atoms with Crippen LogP contribution < -0.4 is 10.5 Å². The molecule has 0 aliphatic heterocycles. The molecule has 2 N–H and O–H groups in total. The number of hydrogen-bond acceptors (Lipinski definition) is 2. The molecule has 2 aromatic rings. The molecule has 0 aliphatic carbocycles. The topological polar surface area (TPSA) is 35.2 Å². The molecule has 1 unspecified atom stereocenters. The predicted octanol–water partition coefficient (Wildman–Crippen LogP) is 5.22. The van der Waals surface area contributed by atoms with Gasteiger partial charge in [-0.25, -0.2) is 0 Å². The van der Waals surface area contributed by atoms with Crippen molar-refractivity contribution < 1.29 is 4.74 Å². The highest BCUT2D eigenvalue weighted by molar-refractivity contribution is 6.42. The molecule has 112 valence electrons. The maximum atomic E-state index is 6.27. The van der Waals surface area contributed by atoms with Crippen LogP contribution in [0.1, 0.15) is 36.9 Å². The molecule has 1 atom stereocenters. The van der Waals surface area contributed by atoms with E-state index in [2.05, 4.69) is 6.92 Å². The number of hydrogen-bond donors (Lipinski definition) is 1. The van der Waals surface area contributed by atoms with Gasteiger partial charge in [0, 0.05) is 0 Å². The van der Waals surface area contributed by atoms with Gasteiger partial charge in [0.15, 0.2) is 0 Å². The summed E-state index contributed by atoms with van der Waals surface area (Å²) in [6.45, 7) is 2.88. The van der Waals surface area contributed by atoms with E-state index in [0.29, 0.717) is 10.0 Å². The second-order valence-corrected chi connectivity index (χ2v) is 5.68. The fraction of sp³-hybridized carbons (Fsp3) is 0.294. The molecule has 4 heteroatoms. The summed E-state index contributed by atoms with van der Waals surface area (Å²) >= 11 is 12.3. The molecule has 0 fully saturated rings. The van der Waals surface area contributed by atoms with Crippen LogP contribution in [0.4, 0.5) is 0 Å². The van der Waals surface area contributed by atoms with Crippen molar-refractivity contribution in [3.63, 3.8) is 0 Å². The quantitative estimate of drug-likeness (QED) is 0.739. The highest BCUT2D eigenvalue weighted by Gasteiger charge is 2.14. The number of ether oxygens (including phenoxy) is 1. The van der Waals surface area contributed by atoms with E-state index < -0.39 is 0 Å². The smallest absolute Gasteiger partial charge is 0.119 e. The van der Waals surface area contributed by atoms with Crippen LogP contribution in [-0.2, 0) is 0 Å². The zero-order chi connectivity index (χ0) is 15.2. The third kappa shape index (κ3) is 4.13. The van der Waals surface area contributed by atoms with Gasteiger partial charge in [0.25, 0.3) is 0 Å². The Labute approximate surface area is 135 Å². The van der Waals surface area contributed by atoms with E-state index in [1.54, 1.807) is 6.07 Å². The molecule has 0 saturated heterocycles. The van der Waals surface area contributed by atoms with Crippen LogP contribution >= 0.6 is 23.2 Å². The lowest BCUT2D eigenvalue weighted by atomic mass is 9.99. The van der Waals surface area contributed by atoms with Gasteiger partial charge >= 0.3 is 0 Å². The predicted molar refractivity (Wildman–Crippen MR) is 89.3 cm³/mol. The first-order valence-electron chi connectivity index (χ1n) is 7.05. The Hall–Kier alpha value is -1.22. The summed E-state index contributed by atoms with van der Waals surface area (Å²) in [5, 5.41) is 1.03. The molecule has 2 nitrogen and oxygen atoms in total.